The molecule has 1 aromatic heterocycles. The number of aromatic nitrogens is 1. The lowest BCUT2D eigenvalue weighted by Crippen LogP contribution is -2.40. The van der Waals surface area contributed by atoms with Gasteiger partial charge in [-0.3, -0.25) is 0 Å². The molecule has 0 saturated carbocycles. The van der Waals surface area contributed by atoms with Gasteiger partial charge in [-0.15, -0.1) is 0 Å². The molecule has 0 saturated heterocycles. The van der Waals surface area contributed by atoms with Gasteiger partial charge in [0.2, 0.25) is 6.29 Å². The van der Waals surface area contributed by atoms with Crippen molar-refractivity contribution >= 4 is 16.9 Å². The number of methoxy groups -OCH3 is 1. The summed E-state index contributed by atoms with van der Waals surface area (Å²) in [5.74, 6) is -0.868. The van der Waals surface area contributed by atoms with Crippen molar-refractivity contribution in [3.8, 4) is 11.1 Å². The second-order valence-corrected chi connectivity index (χ2v) is 7.57. The molecule has 0 radical (unpaired) electrons. The van der Waals surface area contributed by atoms with E-state index < -0.39 is 36.2 Å². The number of aliphatic hydroxyl groups excluding tert-OH is 1. The topological polar surface area (TPSA) is 69.9 Å². The average molecular weight is 461 g/mol. The monoisotopic (exact) mass is 461 g/mol. The highest BCUT2D eigenvalue weighted by Gasteiger charge is 2.36. The molecule has 3 atom stereocenters. The summed E-state index contributed by atoms with van der Waals surface area (Å²) in [7, 11) is 1.13. The van der Waals surface area contributed by atoms with Crippen molar-refractivity contribution in [1.29, 1.82) is 0 Å². The van der Waals surface area contributed by atoms with E-state index in [1.807, 2.05) is 6.92 Å². The van der Waals surface area contributed by atoms with Crippen molar-refractivity contribution in [1.82, 2.24) is 4.73 Å². The summed E-state index contributed by atoms with van der Waals surface area (Å²) in [6.07, 6.45) is -3.70. The van der Waals surface area contributed by atoms with Crippen LogP contribution in [0.2, 0.25) is 0 Å². The molecule has 174 valence electrons. The van der Waals surface area contributed by atoms with Crippen molar-refractivity contribution in [2.45, 2.75) is 38.0 Å². The Balaban J connectivity index is 1.92. The maximum atomic E-state index is 14.0. The first-order chi connectivity index (χ1) is 15.7. The highest BCUT2D eigenvalue weighted by atomic mass is 19.4. The fourth-order valence-corrected chi connectivity index (χ4v) is 3.80. The molecule has 9 heteroatoms. The number of aliphatic hydroxyl groups is 1. The SMILES string of the molecule is CC[C@H]1O[C@@H](On2c(C(=O)OC)cc3c(C(F)(F)F)cc(-c4ccccc4)cc32)C=C[C@H]1O. The Morgan fingerprint density at radius 2 is 1.85 bits per heavy atom. The Labute approximate surface area is 187 Å². The number of ether oxygens (including phenoxy) is 2. The summed E-state index contributed by atoms with van der Waals surface area (Å²) in [5.41, 5.74) is -0.232. The van der Waals surface area contributed by atoms with E-state index in [4.69, 9.17) is 14.3 Å². The second kappa shape index (κ2) is 8.92. The van der Waals surface area contributed by atoms with Crippen LogP contribution in [0.15, 0.2) is 60.7 Å². The average Bonchev–Trinajstić information content (AvgIpc) is 3.17. The highest BCUT2D eigenvalue weighted by molar-refractivity contribution is 5.98. The molecule has 0 amide bonds. The minimum Gasteiger partial charge on any atom is -0.464 e. The minimum atomic E-state index is -4.68. The highest BCUT2D eigenvalue weighted by Crippen LogP contribution is 2.39. The zero-order chi connectivity index (χ0) is 23.8. The summed E-state index contributed by atoms with van der Waals surface area (Å²) in [5, 5.41) is 9.77. The van der Waals surface area contributed by atoms with Gasteiger partial charge in [0.1, 0.15) is 0 Å². The Hall–Kier alpha value is -3.30. The third-order valence-electron chi connectivity index (χ3n) is 5.45. The minimum absolute atomic E-state index is 0.0280. The Morgan fingerprint density at radius 1 is 1.12 bits per heavy atom. The van der Waals surface area contributed by atoms with E-state index in [1.54, 1.807) is 30.3 Å². The summed E-state index contributed by atoms with van der Waals surface area (Å²) in [6, 6.07) is 12.2. The predicted molar refractivity (Wildman–Crippen MR) is 114 cm³/mol. The van der Waals surface area contributed by atoms with Crippen LogP contribution in [0.4, 0.5) is 13.2 Å². The lowest BCUT2D eigenvalue weighted by Gasteiger charge is -2.29. The van der Waals surface area contributed by atoms with Crippen LogP contribution in [0.1, 0.15) is 29.4 Å². The number of halogens is 3. The number of hydrogen-bond donors (Lipinski definition) is 1. The number of fused-ring (bicyclic) bond motifs is 1. The molecule has 0 spiro atoms. The van der Waals surface area contributed by atoms with Crippen LogP contribution in [-0.4, -0.2) is 41.4 Å². The molecule has 1 N–H and O–H groups in total. The van der Waals surface area contributed by atoms with E-state index in [2.05, 4.69) is 0 Å². The van der Waals surface area contributed by atoms with Crippen LogP contribution in [-0.2, 0) is 15.7 Å². The first-order valence-corrected chi connectivity index (χ1v) is 10.3. The van der Waals surface area contributed by atoms with Gasteiger partial charge in [0.25, 0.3) is 0 Å². The van der Waals surface area contributed by atoms with E-state index in [-0.39, 0.29) is 16.6 Å². The van der Waals surface area contributed by atoms with Gasteiger partial charge in [0.05, 0.1) is 30.4 Å². The van der Waals surface area contributed by atoms with Gasteiger partial charge in [0, 0.05) is 5.39 Å². The van der Waals surface area contributed by atoms with Gasteiger partial charge >= 0.3 is 12.1 Å². The van der Waals surface area contributed by atoms with Crippen molar-refractivity contribution in [3.63, 3.8) is 0 Å². The third-order valence-corrected chi connectivity index (χ3v) is 5.45. The van der Waals surface area contributed by atoms with Crippen LogP contribution in [0, 0.1) is 0 Å². The van der Waals surface area contributed by atoms with Gasteiger partial charge in [-0.2, -0.15) is 17.9 Å². The normalized spacial score (nSPS) is 20.7. The van der Waals surface area contributed by atoms with Crippen LogP contribution in [0.3, 0.4) is 0 Å². The van der Waals surface area contributed by atoms with Crippen LogP contribution >= 0.6 is 0 Å². The van der Waals surface area contributed by atoms with Crippen molar-refractivity contribution < 1.29 is 37.4 Å². The van der Waals surface area contributed by atoms with Crippen LogP contribution in [0.5, 0.6) is 0 Å². The standard InChI is InChI=1S/C24H22F3NO5/c1-3-21-20(29)9-10-22(32-21)33-28-18-12-15(14-7-5-4-6-8-14)11-17(24(25,26)27)16(18)13-19(28)23(30)31-2/h4-13,20-22,29H,3H2,1-2H3/t20-,21-,22+/m1/s1. The first kappa shape index (κ1) is 22.9. The number of rotatable bonds is 5. The number of hydrogen-bond acceptors (Lipinski definition) is 5. The Morgan fingerprint density at radius 3 is 2.48 bits per heavy atom. The summed E-state index contributed by atoms with van der Waals surface area (Å²) in [6.45, 7) is 1.82. The molecule has 6 nitrogen and oxygen atoms in total. The van der Waals surface area contributed by atoms with Gasteiger partial charge < -0.3 is 19.4 Å². The number of alkyl halides is 3. The fourth-order valence-electron chi connectivity index (χ4n) is 3.80. The van der Waals surface area contributed by atoms with Crippen LogP contribution in [0.25, 0.3) is 22.0 Å². The van der Waals surface area contributed by atoms with Gasteiger partial charge in [0.15, 0.2) is 5.69 Å². The quantitative estimate of drug-likeness (QED) is 0.445. The number of carbonyl (C=O) groups excluding carboxylic acids is 1. The van der Waals surface area contributed by atoms with Crippen molar-refractivity contribution in [2.75, 3.05) is 7.11 Å². The molecule has 4 rings (SSSR count). The molecular weight excluding hydrogens is 439 g/mol. The van der Waals surface area contributed by atoms with Gasteiger partial charge in [-0.25, -0.2) is 4.79 Å². The summed E-state index contributed by atoms with van der Waals surface area (Å²) < 4.78 is 53.5. The number of benzene rings is 2. The van der Waals surface area contributed by atoms with Crippen molar-refractivity contribution in [3.05, 3.63) is 71.9 Å². The smallest absolute Gasteiger partial charge is 0.417 e. The fraction of sp³-hybridized carbons (Fsp3) is 0.292. The number of nitrogens with zero attached hydrogens (tertiary/aromatic N) is 1. The number of carbonyl (C=O) groups is 1. The predicted octanol–water partition coefficient (Wildman–Crippen LogP) is 4.59. The second-order valence-electron chi connectivity index (χ2n) is 7.57. The zero-order valence-corrected chi connectivity index (χ0v) is 17.9. The van der Waals surface area contributed by atoms with Crippen LogP contribution < -0.4 is 4.84 Å². The van der Waals surface area contributed by atoms with E-state index >= 15 is 0 Å². The third kappa shape index (κ3) is 4.46. The van der Waals surface area contributed by atoms with Gasteiger partial charge in [-0.05, 0) is 41.8 Å². The molecule has 0 unspecified atom stereocenters. The maximum absolute atomic E-state index is 14.0. The van der Waals surface area contributed by atoms with Gasteiger partial charge in [-0.1, -0.05) is 43.3 Å². The molecule has 0 bridgehead atoms. The first-order valence-electron chi connectivity index (χ1n) is 10.3. The summed E-state index contributed by atoms with van der Waals surface area (Å²) >= 11 is 0. The van der Waals surface area contributed by atoms with Crippen molar-refractivity contribution in [2.24, 2.45) is 0 Å². The Kier molecular flexibility index (Phi) is 6.18. The molecule has 0 fully saturated rings. The molecule has 1 aliphatic heterocycles. The summed E-state index contributed by atoms with van der Waals surface area (Å²) in [4.78, 5) is 18.3. The molecule has 3 aromatic rings. The maximum Gasteiger partial charge on any atom is 0.417 e. The molecule has 33 heavy (non-hydrogen) atoms. The number of esters is 1. The largest absolute Gasteiger partial charge is 0.464 e. The zero-order valence-electron chi connectivity index (χ0n) is 17.9. The molecule has 1 aliphatic rings. The molecule has 0 aliphatic carbocycles. The molecular formula is C24H22F3NO5. The van der Waals surface area contributed by atoms with E-state index in [1.165, 1.54) is 18.2 Å². The molecule has 2 aromatic carbocycles. The van der Waals surface area contributed by atoms with E-state index in [9.17, 15) is 23.1 Å². The molecule has 2 heterocycles. The lowest BCUT2D eigenvalue weighted by molar-refractivity contribution is -0.171. The Bertz CT molecular complexity index is 1190. The van der Waals surface area contributed by atoms with E-state index in [0.717, 1.165) is 24.0 Å². The lowest BCUT2D eigenvalue weighted by atomic mass is 10.00. The van der Waals surface area contributed by atoms with E-state index in [0.29, 0.717) is 17.5 Å².